The molecule has 0 radical (unpaired) electrons. The van der Waals surface area contributed by atoms with Gasteiger partial charge in [-0.2, -0.15) is 15.0 Å². The Kier molecular flexibility index (Phi) is 6.05. The van der Waals surface area contributed by atoms with Crippen molar-refractivity contribution < 1.29 is 9.84 Å². The Hall–Kier alpha value is -1.77. The molecule has 0 bridgehead atoms. The largest absolute Gasteiger partial charge is 0.387 e. The van der Waals surface area contributed by atoms with Gasteiger partial charge in [-0.3, -0.25) is 0 Å². The fourth-order valence-corrected chi connectivity index (χ4v) is 3.65. The van der Waals surface area contributed by atoms with E-state index >= 15 is 0 Å². The van der Waals surface area contributed by atoms with Crippen molar-refractivity contribution in [2.24, 2.45) is 0 Å². The summed E-state index contributed by atoms with van der Waals surface area (Å²) >= 11 is 1.57. The lowest BCUT2D eigenvalue weighted by molar-refractivity contribution is 0.0680. The smallest absolute Gasteiger partial charge is 0.230 e. The van der Waals surface area contributed by atoms with E-state index in [1.165, 1.54) is 0 Å². The van der Waals surface area contributed by atoms with Gasteiger partial charge in [0, 0.05) is 37.9 Å². The average Bonchev–Trinajstić information content (AvgIpc) is 3.16. The summed E-state index contributed by atoms with van der Waals surface area (Å²) in [5.74, 6) is 2.32. The number of nitrogens with zero attached hydrogens (tertiary/aromatic N) is 5. The van der Waals surface area contributed by atoms with Crippen LogP contribution in [0.25, 0.3) is 0 Å². The van der Waals surface area contributed by atoms with E-state index in [-0.39, 0.29) is 12.0 Å². The van der Waals surface area contributed by atoms with Crippen LogP contribution in [0.4, 0.5) is 11.9 Å². The van der Waals surface area contributed by atoms with E-state index in [4.69, 9.17) is 9.72 Å². The van der Waals surface area contributed by atoms with Crippen LogP contribution in [-0.4, -0.2) is 60.0 Å². The molecule has 0 amide bonds. The fraction of sp³-hybridized carbons (Fsp3) is 0.611. The highest BCUT2D eigenvalue weighted by Gasteiger charge is 2.29. The molecule has 3 rings (SSSR count). The van der Waals surface area contributed by atoms with Crippen molar-refractivity contribution in [1.82, 2.24) is 15.0 Å². The number of hydrogen-bond acceptors (Lipinski definition) is 8. The minimum atomic E-state index is -0.510. The summed E-state index contributed by atoms with van der Waals surface area (Å²) in [5, 5.41) is 12.6. The first-order chi connectivity index (χ1) is 12.5. The SMILES string of the molecule is CC(C)c1nc(N(C)C)nc(N2CCOCC2CC(O)c2cccs2)n1. The molecule has 0 spiro atoms. The Morgan fingerprint density at radius 2 is 2.15 bits per heavy atom. The standard InChI is InChI=1S/C18H27N5O2S/c1-12(2)16-19-17(22(3)4)21-18(20-16)23-7-8-25-11-13(23)10-14(24)15-6-5-9-26-15/h5-6,9,12-14,24H,7-8,10-11H2,1-4H3. The molecule has 8 heteroatoms. The molecule has 1 fully saturated rings. The molecule has 26 heavy (non-hydrogen) atoms. The first-order valence-electron chi connectivity index (χ1n) is 8.95. The van der Waals surface area contributed by atoms with Crippen LogP contribution in [0.15, 0.2) is 17.5 Å². The van der Waals surface area contributed by atoms with Crippen LogP contribution in [0.2, 0.25) is 0 Å². The van der Waals surface area contributed by atoms with Crippen LogP contribution in [0.1, 0.15) is 43.0 Å². The number of hydrogen-bond donors (Lipinski definition) is 1. The lowest BCUT2D eigenvalue weighted by atomic mass is 10.1. The van der Waals surface area contributed by atoms with E-state index in [9.17, 15) is 5.11 Å². The van der Waals surface area contributed by atoms with Gasteiger partial charge in [0.1, 0.15) is 5.82 Å². The zero-order valence-corrected chi connectivity index (χ0v) is 16.6. The molecule has 1 saturated heterocycles. The number of anilines is 2. The highest BCUT2D eigenvalue weighted by atomic mass is 32.1. The first-order valence-corrected chi connectivity index (χ1v) is 9.82. The molecular weight excluding hydrogens is 350 g/mol. The van der Waals surface area contributed by atoms with Crippen molar-refractivity contribution in [1.29, 1.82) is 0 Å². The number of aliphatic hydroxyl groups excluding tert-OH is 1. The van der Waals surface area contributed by atoms with Crippen LogP contribution in [-0.2, 0) is 4.74 Å². The van der Waals surface area contributed by atoms with E-state index in [1.54, 1.807) is 11.3 Å². The van der Waals surface area contributed by atoms with E-state index in [2.05, 4.69) is 28.7 Å². The number of aromatic nitrogens is 3. The Balaban J connectivity index is 1.87. The van der Waals surface area contributed by atoms with Crippen LogP contribution >= 0.6 is 11.3 Å². The molecule has 7 nitrogen and oxygen atoms in total. The Morgan fingerprint density at radius 1 is 1.35 bits per heavy atom. The van der Waals surface area contributed by atoms with E-state index in [0.29, 0.717) is 38.1 Å². The second-order valence-corrected chi connectivity index (χ2v) is 8.01. The van der Waals surface area contributed by atoms with E-state index in [0.717, 1.165) is 10.7 Å². The predicted molar refractivity (Wildman–Crippen MR) is 104 cm³/mol. The van der Waals surface area contributed by atoms with E-state index < -0.39 is 6.10 Å². The zero-order valence-electron chi connectivity index (χ0n) is 15.8. The van der Waals surface area contributed by atoms with Crippen LogP contribution in [0, 0.1) is 0 Å². The van der Waals surface area contributed by atoms with Gasteiger partial charge in [-0.1, -0.05) is 19.9 Å². The summed E-state index contributed by atoms with van der Waals surface area (Å²) in [6.07, 6.45) is 0.0736. The maximum atomic E-state index is 10.6. The van der Waals surface area contributed by atoms with Gasteiger partial charge in [0.2, 0.25) is 11.9 Å². The minimum Gasteiger partial charge on any atom is -0.387 e. The topological polar surface area (TPSA) is 74.6 Å². The molecule has 0 aliphatic carbocycles. The number of rotatable bonds is 6. The molecule has 1 aliphatic rings. The lowest BCUT2D eigenvalue weighted by Gasteiger charge is -2.37. The summed E-state index contributed by atoms with van der Waals surface area (Å²) in [4.78, 5) is 18.9. The Morgan fingerprint density at radius 3 is 2.81 bits per heavy atom. The number of thiophene rings is 1. The first kappa shape index (κ1) is 19.0. The van der Waals surface area contributed by atoms with Crippen molar-refractivity contribution in [2.45, 2.75) is 38.3 Å². The van der Waals surface area contributed by atoms with Gasteiger partial charge in [0.25, 0.3) is 0 Å². The molecule has 0 saturated carbocycles. The minimum absolute atomic E-state index is 0.0262. The normalized spacial score (nSPS) is 19.0. The summed E-state index contributed by atoms with van der Waals surface area (Å²) in [6.45, 7) is 6.05. The Bertz CT molecular complexity index is 681. The monoisotopic (exact) mass is 377 g/mol. The molecule has 1 aliphatic heterocycles. The summed E-state index contributed by atoms with van der Waals surface area (Å²) in [5.41, 5.74) is 0. The van der Waals surface area contributed by atoms with Gasteiger partial charge in [-0.25, -0.2) is 0 Å². The van der Waals surface area contributed by atoms with Crippen LogP contribution < -0.4 is 9.80 Å². The number of aliphatic hydroxyl groups is 1. The highest BCUT2D eigenvalue weighted by Crippen LogP contribution is 2.28. The molecule has 0 aromatic carbocycles. The van der Waals surface area contributed by atoms with Gasteiger partial charge in [-0.15, -0.1) is 11.3 Å². The quantitative estimate of drug-likeness (QED) is 0.829. The Labute approximate surface area is 158 Å². The van der Waals surface area contributed by atoms with Gasteiger partial charge in [0.05, 0.1) is 25.4 Å². The van der Waals surface area contributed by atoms with Crippen LogP contribution in [0.5, 0.6) is 0 Å². The third kappa shape index (κ3) is 4.31. The lowest BCUT2D eigenvalue weighted by Crippen LogP contribution is -2.47. The average molecular weight is 378 g/mol. The molecule has 2 aromatic heterocycles. The maximum Gasteiger partial charge on any atom is 0.230 e. The molecule has 1 N–H and O–H groups in total. The molecule has 3 heterocycles. The van der Waals surface area contributed by atoms with Crippen molar-refractivity contribution in [3.8, 4) is 0 Å². The molecule has 142 valence electrons. The second-order valence-electron chi connectivity index (χ2n) is 7.03. The molecule has 2 aromatic rings. The molecule has 2 atom stereocenters. The van der Waals surface area contributed by atoms with Gasteiger partial charge >= 0.3 is 0 Å². The van der Waals surface area contributed by atoms with Crippen molar-refractivity contribution in [3.05, 3.63) is 28.2 Å². The van der Waals surface area contributed by atoms with Gasteiger partial charge < -0.3 is 19.6 Å². The number of ether oxygens (including phenoxy) is 1. The fourth-order valence-electron chi connectivity index (χ4n) is 2.92. The second kappa shape index (κ2) is 8.28. The molecule has 2 unspecified atom stereocenters. The third-order valence-electron chi connectivity index (χ3n) is 4.40. The summed E-state index contributed by atoms with van der Waals surface area (Å²) in [6, 6.07) is 3.95. The van der Waals surface area contributed by atoms with Gasteiger partial charge in [-0.05, 0) is 11.4 Å². The van der Waals surface area contributed by atoms with E-state index in [1.807, 2.05) is 36.5 Å². The van der Waals surface area contributed by atoms with Crippen molar-refractivity contribution in [3.63, 3.8) is 0 Å². The van der Waals surface area contributed by atoms with Crippen molar-refractivity contribution >= 4 is 23.2 Å². The number of morpholine rings is 1. The highest BCUT2D eigenvalue weighted by molar-refractivity contribution is 7.10. The summed E-state index contributed by atoms with van der Waals surface area (Å²) < 4.78 is 5.68. The third-order valence-corrected chi connectivity index (χ3v) is 5.37. The summed E-state index contributed by atoms with van der Waals surface area (Å²) in [7, 11) is 3.86. The maximum absolute atomic E-state index is 10.6. The van der Waals surface area contributed by atoms with Gasteiger partial charge in [0.15, 0.2) is 0 Å². The van der Waals surface area contributed by atoms with Crippen LogP contribution in [0.3, 0.4) is 0 Å². The van der Waals surface area contributed by atoms with Crippen molar-refractivity contribution in [2.75, 3.05) is 43.7 Å². The molecular formula is C18H27N5O2S. The zero-order chi connectivity index (χ0) is 18.7. The predicted octanol–water partition coefficient (Wildman–Crippen LogP) is 2.45.